The van der Waals surface area contributed by atoms with Crippen LogP contribution in [0.25, 0.3) is 10.2 Å². The predicted molar refractivity (Wildman–Crippen MR) is 89.6 cm³/mol. The lowest BCUT2D eigenvalue weighted by Gasteiger charge is -2.06. The molecule has 0 fully saturated rings. The van der Waals surface area contributed by atoms with Crippen LogP contribution in [0.4, 0.5) is 10.8 Å². The molecule has 0 saturated carbocycles. The second kappa shape index (κ2) is 5.63. The van der Waals surface area contributed by atoms with Crippen molar-refractivity contribution >= 4 is 49.6 Å². The molecule has 0 bridgehead atoms. The number of anilines is 2. The molecule has 0 aliphatic heterocycles. The summed E-state index contributed by atoms with van der Waals surface area (Å²) in [5, 5.41) is 3.97. The molecule has 3 rings (SSSR count). The fourth-order valence-electron chi connectivity index (χ4n) is 1.90. The molecule has 3 aromatic rings. The van der Waals surface area contributed by atoms with Crippen molar-refractivity contribution in [2.45, 2.75) is 0 Å². The minimum atomic E-state index is 0.251. The normalized spacial score (nSPS) is 10.5. The van der Waals surface area contributed by atoms with Crippen LogP contribution < -0.4 is 15.8 Å². The summed E-state index contributed by atoms with van der Waals surface area (Å²) < 4.78 is 6.25. The number of ether oxygens (including phenoxy) is 1. The highest BCUT2D eigenvalue weighted by molar-refractivity contribution is 7.80. The van der Waals surface area contributed by atoms with Gasteiger partial charge in [-0.1, -0.05) is 23.6 Å². The molecule has 0 amide bonds. The van der Waals surface area contributed by atoms with Gasteiger partial charge >= 0.3 is 0 Å². The zero-order chi connectivity index (χ0) is 14.8. The van der Waals surface area contributed by atoms with Crippen molar-refractivity contribution in [3.05, 3.63) is 42.2 Å². The number of fused-ring (bicyclic) bond motifs is 1. The van der Waals surface area contributed by atoms with Crippen molar-refractivity contribution in [2.75, 3.05) is 12.4 Å². The number of nitrogens with one attached hydrogen (secondary N) is 1. The second-order valence-corrected chi connectivity index (χ2v) is 5.71. The number of thiazole rings is 1. The van der Waals surface area contributed by atoms with Crippen molar-refractivity contribution in [1.29, 1.82) is 0 Å². The summed E-state index contributed by atoms with van der Waals surface area (Å²) in [6, 6.07) is 9.45. The number of pyridine rings is 1. The van der Waals surface area contributed by atoms with Crippen molar-refractivity contribution in [3.8, 4) is 5.75 Å². The Labute approximate surface area is 130 Å². The van der Waals surface area contributed by atoms with E-state index in [1.807, 2.05) is 30.3 Å². The Morgan fingerprint density at radius 2 is 2.24 bits per heavy atom. The molecule has 0 spiro atoms. The van der Waals surface area contributed by atoms with Gasteiger partial charge in [0.15, 0.2) is 5.13 Å². The number of nitrogens with zero attached hydrogens (tertiary/aromatic N) is 2. The highest BCUT2D eigenvalue weighted by Crippen LogP contribution is 2.31. The Balaban J connectivity index is 1.97. The molecule has 1 aromatic carbocycles. The number of hydrogen-bond donors (Lipinski definition) is 2. The summed E-state index contributed by atoms with van der Waals surface area (Å²) in [5.74, 6) is 0.808. The first-order valence-corrected chi connectivity index (χ1v) is 7.36. The minimum absolute atomic E-state index is 0.251. The molecule has 2 heterocycles. The van der Waals surface area contributed by atoms with E-state index in [2.05, 4.69) is 15.3 Å². The van der Waals surface area contributed by atoms with Crippen LogP contribution in [-0.2, 0) is 0 Å². The minimum Gasteiger partial charge on any atom is -0.497 e. The fraction of sp³-hybridized carbons (Fsp3) is 0.0714. The van der Waals surface area contributed by atoms with Crippen LogP contribution in [0, 0.1) is 0 Å². The zero-order valence-corrected chi connectivity index (χ0v) is 12.8. The topological polar surface area (TPSA) is 73.1 Å². The summed E-state index contributed by atoms with van der Waals surface area (Å²) in [5.41, 5.74) is 7.89. The van der Waals surface area contributed by atoms with E-state index < -0.39 is 0 Å². The maximum atomic E-state index is 5.68. The van der Waals surface area contributed by atoms with E-state index in [1.165, 1.54) is 11.3 Å². The van der Waals surface area contributed by atoms with E-state index >= 15 is 0 Å². The average Bonchev–Trinajstić information content (AvgIpc) is 2.88. The number of thiocarbonyl (C=S) groups is 1. The molecule has 3 N–H and O–H groups in total. The van der Waals surface area contributed by atoms with Gasteiger partial charge in [-0.25, -0.2) is 4.98 Å². The smallest absolute Gasteiger partial charge is 0.188 e. The number of hydrogen-bond acceptors (Lipinski definition) is 6. The highest BCUT2D eigenvalue weighted by atomic mass is 32.1. The molecular formula is C14H12N4OS2. The lowest BCUT2D eigenvalue weighted by Crippen LogP contribution is -2.13. The van der Waals surface area contributed by atoms with Gasteiger partial charge in [-0.15, -0.1) is 0 Å². The van der Waals surface area contributed by atoms with Gasteiger partial charge in [-0.2, -0.15) is 0 Å². The van der Waals surface area contributed by atoms with Crippen LogP contribution in [0.1, 0.15) is 5.69 Å². The Morgan fingerprint density at radius 3 is 3.00 bits per heavy atom. The first-order chi connectivity index (χ1) is 10.2. The van der Waals surface area contributed by atoms with Gasteiger partial charge in [0, 0.05) is 6.20 Å². The maximum absolute atomic E-state index is 5.68. The molecule has 0 radical (unpaired) electrons. The van der Waals surface area contributed by atoms with E-state index in [0.29, 0.717) is 5.69 Å². The number of methoxy groups -OCH3 is 1. The molecule has 0 aliphatic rings. The Hall–Kier alpha value is -2.25. The third-order valence-corrected chi connectivity index (χ3v) is 4.01. The van der Waals surface area contributed by atoms with E-state index in [4.69, 9.17) is 22.7 Å². The molecule has 2 aromatic heterocycles. The van der Waals surface area contributed by atoms with Gasteiger partial charge in [0.05, 0.1) is 23.0 Å². The van der Waals surface area contributed by atoms with Gasteiger partial charge in [0.25, 0.3) is 0 Å². The van der Waals surface area contributed by atoms with Crippen molar-refractivity contribution < 1.29 is 4.74 Å². The van der Waals surface area contributed by atoms with Crippen molar-refractivity contribution in [1.82, 2.24) is 9.97 Å². The third-order valence-electron chi connectivity index (χ3n) is 2.88. The second-order valence-electron chi connectivity index (χ2n) is 4.24. The molecule has 0 atom stereocenters. The van der Waals surface area contributed by atoms with Gasteiger partial charge in [-0.05, 0) is 30.3 Å². The van der Waals surface area contributed by atoms with Crippen LogP contribution >= 0.6 is 23.6 Å². The first-order valence-electron chi connectivity index (χ1n) is 6.14. The average molecular weight is 316 g/mol. The SMILES string of the molecule is COc1ccc2nc(Nc3cccnc3C(N)=S)sc2c1. The van der Waals surface area contributed by atoms with Gasteiger partial charge in [0.2, 0.25) is 0 Å². The van der Waals surface area contributed by atoms with Gasteiger partial charge in [0.1, 0.15) is 16.4 Å². The number of nitrogens with two attached hydrogens (primary N) is 1. The number of rotatable bonds is 4. The standard InChI is InChI=1S/C14H12N4OS2/c1-19-8-4-5-9-11(7-8)21-14(17-9)18-10-3-2-6-16-12(10)13(15)20/h2-7H,1H3,(H2,15,20)(H,17,18). The molecule has 5 nitrogen and oxygen atoms in total. The molecular weight excluding hydrogens is 304 g/mol. The molecule has 0 unspecified atom stereocenters. The number of aromatic nitrogens is 2. The molecule has 0 saturated heterocycles. The van der Waals surface area contributed by atoms with E-state index in [0.717, 1.165) is 26.8 Å². The van der Waals surface area contributed by atoms with Gasteiger partial charge < -0.3 is 15.8 Å². The van der Waals surface area contributed by atoms with Crippen LogP contribution in [0.3, 0.4) is 0 Å². The molecule has 106 valence electrons. The summed E-state index contributed by atoms with van der Waals surface area (Å²) in [4.78, 5) is 8.96. The summed E-state index contributed by atoms with van der Waals surface area (Å²) >= 11 is 6.53. The van der Waals surface area contributed by atoms with Crippen LogP contribution in [0.5, 0.6) is 5.75 Å². The lowest BCUT2D eigenvalue weighted by molar-refractivity contribution is 0.415. The van der Waals surface area contributed by atoms with E-state index in [1.54, 1.807) is 13.3 Å². The van der Waals surface area contributed by atoms with Crippen LogP contribution in [0.2, 0.25) is 0 Å². The summed E-state index contributed by atoms with van der Waals surface area (Å²) in [7, 11) is 1.64. The van der Waals surface area contributed by atoms with Crippen molar-refractivity contribution in [3.63, 3.8) is 0 Å². The monoisotopic (exact) mass is 316 g/mol. The molecule has 7 heteroatoms. The first kappa shape index (κ1) is 13.7. The highest BCUT2D eigenvalue weighted by Gasteiger charge is 2.10. The van der Waals surface area contributed by atoms with E-state index in [-0.39, 0.29) is 4.99 Å². The third kappa shape index (κ3) is 2.79. The number of benzene rings is 1. The van der Waals surface area contributed by atoms with Crippen molar-refractivity contribution in [2.24, 2.45) is 5.73 Å². The Morgan fingerprint density at radius 1 is 1.38 bits per heavy atom. The van der Waals surface area contributed by atoms with E-state index in [9.17, 15) is 0 Å². The maximum Gasteiger partial charge on any atom is 0.188 e. The Bertz CT molecular complexity index is 816. The summed E-state index contributed by atoms with van der Waals surface area (Å²) in [6.07, 6.45) is 1.66. The quantitative estimate of drug-likeness (QED) is 0.721. The molecule has 0 aliphatic carbocycles. The fourth-order valence-corrected chi connectivity index (χ4v) is 2.97. The predicted octanol–water partition coefficient (Wildman–Crippen LogP) is 3.08. The molecule has 21 heavy (non-hydrogen) atoms. The largest absolute Gasteiger partial charge is 0.497 e. The zero-order valence-electron chi connectivity index (χ0n) is 11.2. The Kier molecular flexibility index (Phi) is 3.68. The van der Waals surface area contributed by atoms with Crippen LogP contribution in [0.15, 0.2) is 36.5 Å². The lowest BCUT2D eigenvalue weighted by atomic mass is 10.3. The summed E-state index contributed by atoms with van der Waals surface area (Å²) in [6.45, 7) is 0. The van der Waals surface area contributed by atoms with Gasteiger partial charge in [-0.3, -0.25) is 4.98 Å². The van der Waals surface area contributed by atoms with Crippen LogP contribution in [-0.4, -0.2) is 22.1 Å².